The monoisotopic (exact) mass is 333 g/mol. The molecule has 1 aromatic heterocycles. The Balaban J connectivity index is 2.31. The van der Waals surface area contributed by atoms with Gasteiger partial charge < -0.3 is 4.74 Å². The van der Waals surface area contributed by atoms with E-state index in [1.54, 1.807) is 6.07 Å². The van der Waals surface area contributed by atoms with Crippen LogP contribution >= 0.6 is 39.1 Å². The summed E-state index contributed by atoms with van der Waals surface area (Å²) in [6, 6.07) is 5.68. The van der Waals surface area contributed by atoms with Crippen molar-refractivity contribution in [1.29, 1.82) is 0 Å². The second kappa shape index (κ2) is 5.16. The van der Waals surface area contributed by atoms with Gasteiger partial charge >= 0.3 is 6.01 Å². The van der Waals surface area contributed by atoms with E-state index in [2.05, 4.69) is 30.9 Å². The van der Waals surface area contributed by atoms with Gasteiger partial charge in [0.15, 0.2) is 0 Å². The third-order valence-corrected chi connectivity index (χ3v) is 2.81. The second-order valence-electron chi connectivity index (χ2n) is 3.19. The van der Waals surface area contributed by atoms with Crippen LogP contribution in [0.3, 0.4) is 0 Å². The summed E-state index contributed by atoms with van der Waals surface area (Å²) in [5.74, 6) is 0.578. The Morgan fingerprint density at radius 3 is 2.35 bits per heavy atom. The van der Waals surface area contributed by atoms with Gasteiger partial charge in [0.25, 0.3) is 0 Å². The van der Waals surface area contributed by atoms with Gasteiger partial charge in [0.1, 0.15) is 5.75 Å². The summed E-state index contributed by atoms with van der Waals surface area (Å²) in [4.78, 5) is 11.2. The van der Waals surface area contributed by atoms with E-state index in [1.807, 2.05) is 19.1 Å². The lowest BCUT2D eigenvalue weighted by Crippen LogP contribution is -1.95. The number of benzene rings is 1. The number of nitrogens with zero attached hydrogens (tertiary/aromatic N) is 3. The molecule has 0 bridgehead atoms. The molecule has 0 atom stereocenters. The first-order valence-corrected chi connectivity index (χ1v) is 6.10. The van der Waals surface area contributed by atoms with E-state index in [-0.39, 0.29) is 16.6 Å². The molecule has 2 rings (SSSR count). The minimum Gasteiger partial charge on any atom is -0.423 e. The van der Waals surface area contributed by atoms with Crippen LogP contribution in [-0.2, 0) is 0 Å². The average Bonchev–Trinajstić information content (AvgIpc) is 2.21. The summed E-state index contributed by atoms with van der Waals surface area (Å²) in [6.45, 7) is 1.98. The quantitative estimate of drug-likeness (QED) is 0.831. The standard InChI is InChI=1S/C10H6BrCl2N3O/c1-5-2-3-7(6(11)4-5)17-10-15-8(12)14-9(13)16-10/h2-4H,1H3. The number of aromatic nitrogens is 3. The maximum atomic E-state index is 5.64. The van der Waals surface area contributed by atoms with Gasteiger partial charge in [0, 0.05) is 0 Å². The topological polar surface area (TPSA) is 47.9 Å². The van der Waals surface area contributed by atoms with Crippen molar-refractivity contribution in [2.45, 2.75) is 6.92 Å². The van der Waals surface area contributed by atoms with Gasteiger partial charge in [-0.3, -0.25) is 0 Å². The zero-order valence-corrected chi connectivity index (χ0v) is 11.7. The summed E-state index contributed by atoms with van der Waals surface area (Å²) in [5.41, 5.74) is 1.11. The van der Waals surface area contributed by atoms with Gasteiger partial charge in [-0.05, 0) is 63.8 Å². The Kier molecular flexibility index (Phi) is 3.81. The largest absolute Gasteiger partial charge is 0.423 e. The molecule has 0 aliphatic carbocycles. The minimum absolute atomic E-state index is 0.0109. The van der Waals surface area contributed by atoms with Crippen molar-refractivity contribution in [1.82, 2.24) is 15.0 Å². The lowest BCUT2D eigenvalue weighted by molar-refractivity contribution is 0.437. The van der Waals surface area contributed by atoms with Gasteiger partial charge in [0.05, 0.1) is 4.47 Å². The summed E-state index contributed by atoms with van der Waals surface area (Å²) in [7, 11) is 0. The first-order chi connectivity index (χ1) is 8.04. The Labute approximate surface area is 116 Å². The molecule has 0 radical (unpaired) electrons. The van der Waals surface area contributed by atoms with Crippen LogP contribution in [0.1, 0.15) is 5.56 Å². The molecule has 0 spiro atoms. The van der Waals surface area contributed by atoms with Crippen molar-refractivity contribution >= 4 is 39.1 Å². The number of halogens is 3. The van der Waals surface area contributed by atoms with E-state index >= 15 is 0 Å². The lowest BCUT2D eigenvalue weighted by atomic mass is 10.2. The number of hydrogen-bond donors (Lipinski definition) is 0. The molecule has 7 heteroatoms. The van der Waals surface area contributed by atoms with Gasteiger partial charge in [-0.15, -0.1) is 0 Å². The van der Waals surface area contributed by atoms with E-state index in [0.29, 0.717) is 5.75 Å². The van der Waals surface area contributed by atoms with E-state index in [9.17, 15) is 0 Å². The van der Waals surface area contributed by atoms with Crippen molar-refractivity contribution in [2.24, 2.45) is 0 Å². The smallest absolute Gasteiger partial charge is 0.327 e. The third kappa shape index (κ3) is 3.28. The molecule has 88 valence electrons. The Morgan fingerprint density at radius 1 is 1.12 bits per heavy atom. The summed E-state index contributed by atoms with van der Waals surface area (Å²) in [6.07, 6.45) is 0. The van der Waals surface area contributed by atoms with Crippen LogP contribution in [0.25, 0.3) is 0 Å². The van der Waals surface area contributed by atoms with Gasteiger partial charge in [-0.25, -0.2) is 0 Å². The number of hydrogen-bond acceptors (Lipinski definition) is 4. The molecule has 0 fully saturated rings. The number of rotatable bonds is 2. The van der Waals surface area contributed by atoms with Crippen LogP contribution in [0.15, 0.2) is 22.7 Å². The fourth-order valence-corrected chi connectivity index (χ4v) is 2.06. The molecule has 1 aromatic carbocycles. The van der Waals surface area contributed by atoms with Crippen molar-refractivity contribution in [3.8, 4) is 11.8 Å². The molecule has 0 aliphatic heterocycles. The van der Waals surface area contributed by atoms with Gasteiger partial charge in [0.2, 0.25) is 10.6 Å². The van der Waals surface area contributed by atoms with E-state index < -0.39 is 0 Å². The zero-order valence-electron chi connectivity index (χ0n) is 8.62. The summed E-state index contributed by atoms with van der Waals surface area (Å²) in [5, 5.41) is -0.0218. The van der Waals surface area contributed by atoms with Crippen LogP contribution in [0.2, 0.25) is 10.6 Å². The summed E-state index contributed by atoms with van der Waals surface area (Å²) < 4.78 is 6.24. The van der Waals surface area contributed by atoms with E-state index in [4.69, 9.17) is 27.9 Å². The molecule has 17 heavy (non-hydrogen) atoms. The second-order valence-corrected chi connectivity index (χ2v) is 4.72. The maximum Gasteiger partial charge on any atom is 0.327 e. The lowest BCUT2D eigenvalue weighted by Gasteiger charge is -2.06. The maximum absolute atomic E-state index is 5.64. The molecular formula is C10H6BrCl2N3O. The first kappa shape index (κ1) is 12.5. The highest BCUT2D eigenvalue weighted by molar-refractivity contribution is 9.10. The Bertz CT molecular complexity index is 545. The van der Waals surface area contributed by atoms with Crippen LogP contribution in [-0.4, -0.2) is 15.0 Å². The molecular weight excluding hydrogens is 329 g/mol. The zero-order chi connectivity index (χ0) is 12.4. The molecule has 0 aliphatic rings. The predicted molar refractivity (Wildman–Crippen MR) is 68.8 cm³/mol. The molecule has 0 N–H and O–H groups in total. The summed E-state index contributed by atoms with van der Waals surface area (Å²) >= 11 is 14.7. The van der Waals surface area contributed by atoms with Crippen molar-refractivity contribution in [3.05, 3.63) is 38.8 Å². The highest BCUT2D eigenvalue weighted by Crippen LogP contribution is 2.29. The van der Waals surface area contributed by atoms with Crippen molar-refractivity contribution in [2.75, 3.05) is 0 Å². The minimum atomic E-state index is -0.0109. The fraction of sp³-hybridized carbons (Fsp3) is 0.100. The molecule has 2 aromatic rings. The molecule has 0 saturated heterocycles. The molecule has 0 amide bonds. The number of aryl methyl sites for hydroxylation is 1. The van der Waals surface area contributed by atoms with Crippen molar-refractivity contribution < 1.29 is 4.74 Å². The highest BCUT2D eigenvalue weighted by atomic mass is 79.9. The molecule has 0 saturated carbocycles. The molecule has 0 unspecified atom stereocenters. The third-order valence-electron chi connectivity index (χ3n) is 1.85. The van der Waals surface area contributed by atoms with Gasteiger partial charge in [-0.2, -0.15) is 15.0 Å². The first-order valence-electron chi connectivity index (χ1n) is 4.55. The highest BCUT2D eigenvalue weighted by Gasteiger charge is 2.08. The van der Waals surface area contributed by atoms with Crippen LogP contribution in [0, 0.1) is 6.92 Å². The van der Waals surface area contributed by atoms with E-state index in [0.717, 1.165) is 10.0 Å². The molecule has 4 nitrogen and oxygen atoms in total. The fourth-order valence-electron chi connectivity index (χ4n) is 1.14. The normalized spacial score (nSPS) is 10.4. The van der Waals surface area contributed by atoms with Gasteiger partial charge in [-0.1, -0.05) is 6.07 Å². The Morgan fingerprint density at radius 2 is 1.76 bits per heavy atom. The predicted octanol–water partition coefficient (Wildman–Crippen LogP) is 4.04. The van der Waals surface area contributed by atoms with Crippen LogP contribution in [0.5, 0.6) is 11.8 Å². The van der Waals surface area contributed by atoms with Crippen molar-refractivity contribution in [3.63, 3.8) is 0 Å². The van der Waals surface area contributed by atoms with Crippen LogP contribution in [0.4, 0.5) is 0 Å². The average molecular weight is 335 g/mol. The van der Waals surface area contributed by atoms with E-state index in [1.165, 1.54) is 0 Å². The van der Waals surface area contributed by atoms with Crippen LogP contribution < -0.4 is 4.74 Å². The number of ether oxygens (including phenoxy) is 1. The molecule has 1 heterocycles. The SMILES string of the molecule is Cc1ccc(Oc2nc(Cl)nc(Cl)n2)c(Br)c1. The Hall–Kier alpha value is -0.910.